The average molecular weight is 294 g/mol. The third-order valence-corrected chi connectivity index (χ3v) is 2.96. The van der Waals surface area contributed by atoms with E-state index in [-0.39, 0.29) is 12.6 Å². The highest BCUT2D eigenvalue weighted by atomic mass is 16.5. The van der Waals surface area contributed by atoms with Crippen molar-refractivity contribution in [2.24, 2.45) is 0 Å². The van der Waals surface area contributed by atoms with Gasteiger partial charge in [-0.05, 0) is 30.5 Å². The maximum atomic E-state index is 11.9. The number of rotatable bonds is 8. The summed E-state index contributed by atoms with van der Waals surface area (Å²) in [5.41, 5.74) is 1.08. The van der Waals surface area contributed by atoms with Gasteiger partial charge in [-0.3, -0.25) is 4.79 Å². The van der Waals surface area contributed by atoms with Crippen molar-refractivity contribution in [1.82, 2.24) is 10.2 Å². The predicted molar refractivity (Wildman–Crippen MR) is 79.6 cm³/mol. The van der Waals surface area contributed by atoms with Crippen LogP contribution in [0.25, 0.3) is 0 Å². The monoisotopic (exact) mass is 294 g/mol. The second-order valence-electron chi connectivity index (χ2n) is 4.65. The minimum Gasteiger partial charge on any atom is -0.497 e. The Balaban J connectivity index is 2.41. The van der Waals surface area contributed by atoms with Gasteiger partial charge < -0.3 is 20.1 Å². The minimum atomic E-state index is -1.01. The summed E-state index contributed by atoms with van der Waals surface area (Å²) in [7, 11) is 1.61. The highest BCUT2D eigenvalue weighted by molar-refractivity contribution is 5.80. The van der Waals surface area contributed by atoms with Crippen molar-refractivity contribution in [1.29, 1.82) is 0 Å². The predicted octanol–water partition coefficient (Wildman–Crippen LogP) is 1.74. The van der Waals surface area contributed by atoms with E-state index in [1.54, 1.807) is 7.11 Å². The van der Waals surface area contributed by atoms with Crippen molar-refractivity contribution in [3.63, 3.8) is 0 Å². The van der Waals surface area contributed by atoms with Crippen LogP contribution < -0.4 is 10.1 Å². The number of amides is 2. The molecule has 0 unspecified atom stereocenters. The van der Waals surface area contributed by atoms with Crippen LogP contribution in [0.3, 0.4) is 0 Å². The van der Waals surface area contributed by atoms with Gasteiger partial charge >= 0.3 is 12.0 Å². The van der Waals surface area contributed by atoms with E-state index in [4.69, 9.17) is 9.84 Å². The molecule has 21 heavy (non-hydrogen) atoms. The van der Waals surface area contributed by atoms with Gasteiger partial charge in [-0.15, -0.1) is 0 Å². The second kappa shape index (κ2) is 8.84. The molecule has 0 saturated heterocycles. The van der Waals surface area contributed by atoms with Crippen LogP contribution in [0.1, 0.15) is 18.9 Å². The molecule has 0 aliphatic heterocycles. The summed E-state index contributed by atoms with van der Waals surface area (Å²) in [5.74, 6) is -0.216. The highest BCUT2D eigenvalue weighted by Gasteiger charge is 2.14. The lowest BCUT2D eigenvalue weighted by molar-refractivity contribution is -0.137. The zero-order valence-corrected chi connectivity index (χ0v) is 12.5. The molecule has 1 rings (SSSR count). The van der Waals surface area contributed by atoms with E-state index in [9.17, 15) is 9.59 Å². The Labute approximate surface area is 124 Å². The molecule has 0 aromatic heterocycles. The van der Waals surface area contributed by atoms with E-state index in [2.05, 4.69) is 5.32 Å². The highest BCUT2D eigenvalue weighted by Crippen LogP contribution is 2.11. The van der Waals surface area contributed by atoms with Gasteiger partial charge in [0.15, 0.2) is 0 Å². The maximum absolute atomic E-state index is 11.9. The zero-order chi connectivity index (χ0) is 15.7. The molecule has 1 aromatic rings. The van der Waals surface area contributed by atoms with Crippen molar-refractivity contribution in [2.45, 2.75) is 19.8 Å². The lowest BCUT2D eigenvalue weighted by Crippen LogP contribution is -2.43. The largest absolute Gasteiger partial charge is 0.497 e. The topological polar surface area (TPSA) is 78.9 Å². The summed E-state index contributed by atoms with van der Waals surface area (Å²) < 4.78 is 5.08. The quantitative estimate of drug-likeness (QED) is 0.765. The maximum Gasteiger partial charge on any atom is 0.323 e. The summed E-state index contributed by atoms with van der Waals surface area (Å²) in [6.45, 7) is 2.52. The Hall–Kier alpha value is -2.24. The van der Waals surface area contributed by atoms with Crippen molar-refractivity contribution >= 4 is 12.0 Å². The number of urea groups is 1. The number of carbonyl (C=O) groups excluding carboxylic acids is 1. The number of hydrogen-bond donors (Lipinski definition) is 2. The van der Waals surface area contributed by atoms with Gasteiger partial charge in [0.25, 0.3) is 0 Å². The van der Waals surface area contributed by atoms with Gasteiger partial charge in [0.2, 0.25) is 0 Å². The van der Waals surface area contributed by atoms with E-state index in [1.807, 2.05) is 31.2 Å². The first kappa shape index (κ1) is 16.8. The molecule has 0 fully saturated rings. The third kappa shape index (κ3) is 6.16. The standard InChI is InChI=1S/C15H22N2O4/c1-3-10-17(11-14(18)19)15(20)16-9-8-12-4-6-13(21-2)7-5-12/h4-7H,3,8-11H2,1-2H3,(H,16,20)(H,18,19). The van der Waals surface area contributed by atoms with Gasteiger partial charge in [0.1, 0.15) is 12.3 Å². The van der Waals surface area contributed by atoms with Crippen molar-refractivity contribution in [3.05, 3.63) is 29.8 Å². The molecule has 6 nitrogen and oxygen atoms in total. The number of methoxy groups -OCH3 is 1. The van der Waals surface area contributed by atoms with Crippen molar-refractivity contribution in [3.8, 4) is 5.75 Å². The fraction of sp³-hybridized carbons (Fsp3) is 0.467. The van der Waals surface area contributed by atoms with Gasteiger partial charge in [0, 0.05) is 13.1 Å². The number of carboxylic acids is 1. The zero-order valence-electron chi connectivity index (χ0n) is 12.5. The fourth-order valence-electron chi connectivity index (χ4n) is 1.90. The van der Waals surface area contributed by atoms with E-state index >= 15 is 0 Å². The number of carboxylic acid groups (broad SMARTS) is 1. The molecule has 2 amide bonds. The summed E-state index contributed by atoms with van der Waals surface area (Å²) in [5, 5.41) is 11.5. The van der Waals surface area contributed by atoms with Crippen LogP contribution in [0.15, 0.2) is 24.3 Å². The molecule has 0 spiro atoms. The van der Waals surface area contributed by atoms with Gasteiger partial charge in [-0.2, -0.15) is 0 Å². The van der Waals surface area contributed by atoms with E-state index in [1.165, 1.54) is 4.90 Å². The van der Waals surface area contributed by atoms with Gasteiger partial charge in [-0.1, -0.05) is 19.1 Å². The Morgan fingerprint density at radius 3 is 2.48 bits per heavy atom. The van der Waals surface area contributed by atoms with Gasteiger partial charge in [-0.25, -0.2) is 4.79 Å². The van der Waals surface area contributed by atoms with Crippen molar-refractivity contribution < 1.29 is 19.4 Å². The summed E-state index contributed by atoms with van der Waals surface area (Å²) in [6.07, 6.45) is 1.40. The Kier molecular flexibility index (Phi) is 7.08. The first-order valence-electron chi connectivity index (χ1n) is 6.94. The second-order valence-corrected chi connectivity index (χ2v) is 4.65. The van der Waals surface area contributed by atoms with E-state index < -0.39 is 5.97 Å². The number of carbonyl (C=O) groups is 2. The lowest BCUT2D eigenvalue weighted by atomic mass is 10.1. The lowest BCUT2D eigenvalue weighted by Gasteiger charge is -2.20. The molecule has 0 aliphatic carbocycles. The first-order valence-corrected chi connectivity index (χ1v) is 6.94. The Morgan fingerprint density at radius 2 is 1.95 bits per heavy atom. The van der Waals surface area contributed by atoms with Crippen LogP contribution in [0.4, 0.5) is 4.79 Å². The van der Waals surface area contributed by atoms with E-state index in [0.29, 0.717) is 19.5 Å². The van der Waals surface area contributed by atoms with Crippen LogP contribution in [0.2, 0.25) is 0 Å². The van der Waals surface area contributed by atoms with Crippen LogP contribution in [-0.4, -0.2) is 48.8 Å². The number of nitrogens with zero attached hydrogens (tertiary/aromatic N) is 1. The van der Waals surface area contributed by atoms with Gasteiger partial charge in [0.05, 0.1) is 7.11 Å². The normalized spacial score (nSPS) is 10.0. The molecule has 0 saturated carbocycles. The molecule has 0 heterocycles. The van der Waals surface area contributed by atoms with Crippen LogP contribution in [0, 0.1) is 0 Å². The molecule has 116 valence electrons. The Morgan fingerprint density at radius 1 is 1.29 bits per heavy atom. The van der Waals surface area contributed by atoms with E-state index in [0.717, 1.165) is 17.7 Å². The van der Waals surface area contributed by atoms with Crippen LogP contribution >= 0.6 is 0 Å². The summed E-state index contributed by atoms with van der Waals surface area (Å²) in [4.78, 5) is 23.9. The molecule has 1 aromatic carbocycles. The number of ether oxygens (including phenoxy) is 1. The molecular formula is C15H22N2O4. The SMILES string of the molecule is CCCN(CC(=O)O)C(=O)NCCc1ccc(OC)cc1. The summed E-state index contributed by atoms with van der Waals surface area (Å²) >= 11 is 0. The average Bonchev–Trinajstić information content (AvgIpc) is 2.47. The molecule has 0 radical (unpaired) electrons. The number of aliphatic carboxylic acids is 1. The third-order valence-electron chi connectivity index (χ3n) is 2.96. The molecule has 0 atom stereocenters. The number of nitrogens with one attached hydrogen (secondary N) is 1. The molecular weight excluding hydrogens is 272 g/mol. The smallest absolute Gasteiger partial charge is 0.323 e. The summed E-state index contributed by atoms with van der Waals surface area (Å²) in [6, 6.07) is 7.27. The fourth-order valence-corrected chi connectivity index (χ4v) is 1.90. The van der Waals surface area contributed by atoms with Crippen LogP contribution in [0.5, 0.6) is 5.75 Å². The van der Waals surface area contributed by atoms with Crippen molar-refractivity contribution in [2.75, 3.05) is 26.7 Å². The first-order chi connectivity index (χ1) is 10.1. The molecule has 0 aliphatic rings. The molecule has 6 heteroatoms. The molecule has 2 N–H and O–H groups in total. The number of benzene rings is 1. The Bertz CT molecular complexity index is 459. The minimum absolute atomic E-state index is 0.276. The number of hydrogen-bond acceptors (Lipinski definition) is 3. The molecule has 0 bridgehead atoms. The van der Waals surface area contributed by atoms with Crippen LogP contribution in [-0.2, 0) is 11.2 Å².